The monoisotopic (exact) mass is 305 g/mol. The summed E-state index contributed by atoms with van der Waals surface area (Å²) in [6, 6.07) is 13.6. The molecule has 0 aliphatic carbocycles. The average Bonchev–Trinajstić information content (AvgIpc) is 2.34. The summed E-state index contributed by atoms with van der Waals surface area (Å²) in [5.41, 5.74) is 3.33. The van der Waals surface area contributed by atoms with E-state index in [0.717, 1.165) is 15.7 Å². The molecule has 0 radical (unpaired) electrons. The number of aryl methyl sites for hydroxylation is 1. The highest BCUT2D eigenvalue weighted by molar-refractivity contribution is 9.10. The molecule has 94 valence electrons. The summed E-state index contributed by atoms with van der Waals surface area (Å²) in [5.74, 6) is 0.296. The SMILES string of the molecule is Cc1ccc(Br)c(NC(C)c2cccc(O)c2)c1. The maximum absolute atomic E-state index is 9.49. The zero-order valence-electron chi connectivity index (χ0n) is 10.4. The first-order chi connectivity index (χ1) is 8.56. The van der Waals surface area contributed by atoms with Crippen LogP contribution in [0.1, 0.15) is 24.1 Å². The molecule has 0 aromatic heterocycles. The van der Waals surface area contributed by atoms with Crippen molar-refractivity contribution in [1.29, 1.82) is 0 Å². The molecule has 3 heteroatoms. The van der Waals surface area contributed by atoms with Crippen LogP contribution in [0.2, 0.25) is 0 Å². The molecule has 0 amide bonds. The lowest BCUT2D eigenvalue weighted by atomic mass is 10.1. The second-order valence-electron chi connectivity index (χ2n) is 4.44. The van der Waals surface area contributed by atoms with E-state index in [2.05, 4.69) is 47.2 Å². The number of phenolic OH excluding ortho intramolecular Hbond substituents is 1. The molecule has 0 aliphatic heterocycles. The minimum absolute atomic E-state index is 0.134. The van der Waals surface area contributed by atoms with Crippen LogP contribution in [-0.4, -0.2) is 5.11 Å². The molecule has 0 spiro atoms. The van der Waals surface area contributed by atoms with Crippen molar-refractivity contribution in [2.75, 3.05) is 5.32 Å². The second-order valence-corrected chi connectivity index (χ2v) is 5.30. The molecular formula is C15H16BrNO. The van der Waals surface area contributed by atoms with Crippen molar-refractivity contribution < 1.29 is 5.11 Å². The van der Waals surface area contributed by atoms with Gasteiger partial charge in [0.25, 0.3) is 0 Å². The summed E-state index contributed by atoms with van der Waals surface area (Å²) in [5, 5.41) is 12.9. The van der Waals surface area contributed by atoms with Gasteiger partial charge in [-0.3, -0.25) is 0 Å². The normalized spacial score (nSPS) is 12.2. The Hall–Kier alpha value is -1.48. The van der Waals surface area contributed by atoms with Crippen LogP contribution in [0.15, 0.2) is 46.9 Å². The second kappa shape index (κ2) is 5.44. The van der Waals surface area contributed by atoms with Gasteiger partial charge in [-0.25, -0.2) is 0 Å². The largest absolute Gasteiger partial charge is 0.508 e. The molecule has 1 unspecified atom stereocenters. The summed E-state index contributed by atoms with van der Waals surface area (Å²) >= 11 is 3.53. The first-order valence-electron chi connectivity index (χ1n) is 5.88. The number of benzene rings is 2. The Morgan fingerprint density at radius 1 is 1.17 bits per heavy atom. The zero-order valence-corrected chi connectivity index (χ0v) is 12.0. The fourth-order valence-corrected chi connectivity index (χ4v) is 2.22. The predicted octanol–water partition coefficient (Wildman–Crippen LogP) is 4.64. The van der Waals surface area contributed by atoms with Gasteiger partial charge in [0.1, 0.15) is 5.75 Å². The number of aromatic hydroxyl groups is 1. The zero-order chi connectivity index (χ0) is 13.1. The summed E-state index contributed by atoms with van der Waals surface area (Å²) < 4.78 is 1.04. The van der Waals surface area contributed by atoms with Crippen LogP contribution in [0.5, 0.6) is 5.75 Å². The van der Waals surface area contributed by atoms with Crippen LogP contribution >= 0.6 is 15.9 Å². The van der Waals surface area contributed by atoms with Gasteiger partial charge >= 0.3 is 0 Å². The van der Waals surface area contributed by atoms with Crippen molar-refractivity contribution in [3.63, 3.8) is 0 Å². The van der Waals surface area contributed by atoms with E-state index in [1.165, 1.54) is 5.56 Å². The van der Waals surface area contributed by atoms with E-state index in [4.69, 9.17) is 0 Å². The molecule has 0 aliphatic rings. The van der Waals surface area contributed by atoms with Crippen molar-refractivity contribution in [2.24, 2.45) is 0 Å². The number of hydrogen-bond donors (Lipinski definition) is 2. The minimum atomic E-state index is 0.134. The minimum Gasteiger partial charge on any atom is -0.508 e. The van der Waals surface area contributed by atoms with Crippen LogP contribution in [0.25, 0.3) is 0 Å². The fraction of sp³-hybridized carbons (Fsp3) is 0.200. The van der Waals surface area contributed by atoms with Crippen molar-refractivity contribution in [3.8, 4) is 5.75 Å². The lowest BCUT2D eigenvalue weighted by Gasteiger charge is -2.17. The van der Waals surface area contributed by atoms with Gasteiger partial charge in [0.05, 0.1) is 0 Å². The van der Waals surface area contributed by atoms with Crippen LogP contribution < -0.4 is 5.32 Å². The van der Waals surface area contributed by atoms with Gasteiger partial charge in [-0.15, -0.1) is 0 Å². The van der Waals surface area contributed by atoms with Gasteiger partial charge in [-0.2, -0.15) is 0 Å². The van der Waals surface area contributed by atoms with Crippen LogP contribution in [0, 0.1) is 6.92 Å². The van der Waals surface area contributed by atoms with Gasteiger partial charge in [0.2, 0.25) is 0 Å². The highest BCUT2D eigenvalue weighted by Gasteiger charge is 2.08. The van der Waals surface area contributed by atoms with Crippen molar-refractivity contribution >= 4 is 21.6 Å². The summed E-state index contributed by atoms with van der Waals surface area (Å²) in [6.07, 6.45) is 0. The van der Waals surface area contributed by atoms with Gasteiger partial charge < -0.3 is 10.4 Å². The Labute approximate surface area is 116 Å². The smallest absolute Gasteiger partial charge is 0.115 e. The summed E-state index contributed by atoms with van der Waals surface area (Å²) in [4.78, 5) is 0. The Balaban J connectivity index is 2.21. The number of hydrogen-bond acceptors (Lipinski definition) is 2. The molecule has 0 heterocycles. The highest BCUT2D eigenvalue weighted by atomic mass is 79.9. The third-order valence-electron chi connectivity index (χ3n) is 2.86. The van der Waals surface area contributed by atoms with E-state index in [1.807, 2.05) is 18.2 Å². The van der Waals surface area contributed by atoms with Gasteiger partial charge in [0, 0.05) is 16.2 Å². The maximum Gasteiger partial charge on any atom is 0.115 e. The van der Waals surface area contributed by atoms with Crippen molar-refractivity contribution in [2.45, 2.75) is 19.9 Å². The summed E-state index contributed by atoms with van der Waals surface area (Å²) in [6.45, 7) is 4.14. The van der Waals surface area contributed by atoms with Crippen LogP contribution in [0.4, 0.5) is 5.69 Å². The molecule has 0 bridgehead atoms. The quantitative estimate of drug-likeness (QED) is 0.866. The third-order valence-corrected chi connectivity index (χ3v) is 3.56. The highest BCUT2D eigenvalue weighted by Crippen LogP contribution is 2.28. The molecule has 2 rings (SSSR count). The molecule has 0 saturated carbocycles. The van der Waals surface area contributed by atoms with E-state index in [-0.39, 0.29) is 6.04 Å². The van der Waals surface area contributed by atoms with E-state index in [9.17, 15) is 5.11 Å². The Bertz CT molecular complexity index is 554. The standard InChI is InChI=1S/C15H16BrNO/c1-10-6-7-14(16)15(8-10)17-11(2)12-4-3-5-13(18)9-12/h3-9,11,17-18H,1-2H3. The van der Waals surface area contributed by atoms with Gasteiger partial charge in [0.15, 0.2) is 0 Å². The van der Waals surface area contributed by atoms with Gasteiger partial charge in [-0.1, -0.05) is 18.2 Å². The molecule has 2 nitrogen and oxygen atoms in total. The number of rotatable bonds is 3. The lowest BCUT2D eigenvalue weighted by Crippen LogP contribution is -2.07. The predicted molar refractivity (Wildman–Crippen MR) is 79.0 cm³/mol. The van der Waals surface area contributed by atoms with E-state index < -0.39 is 0 Å². The Morgan fingerprint density at radius 2 is 1.94 bits per heavy atom. The average molecular weight is 306 g/mol. The third kappa shape index (κ3) is 3.05. The maximum atomic E-state index is 9.49. The van der Waals surface area contributed by atoms with E-state index >= 15 is 0 Å². The molecule has 1 atom stereocenters. The number of anilines is 1. The summed E-state index contributed by atoms with van der Waals surface area (Å²) in [7, 11) is 0. The molecule has 0 saturated heterocycles. The van der Waals surface area contributed by atoms with E-state index in [0.29, 0.717) is 5.75 Å². The molecule has 2 aromatic rings. The van der Waals surface area contributed by atoms with Crippen molar-refractivity contribution in [1.82, 2.24) is 0 Å². The fourth-order valence-electron chi connectivity index (χ4n) is 1.86. The van der Waals surface area contributed by atoms with Crippen molar-refractivity contribution in [3.05, 3.63) is 58.1 Å². The lowest BCUT2D eigenvalue weighted by molar-refractivity contribution is 0.474. The molecule has 18 heavy (non-hydrogen) atoms. The molecular weight excluding hydrogens is 290 g/mol. The number of halogens is 1. The first kappa shape index (κ1) is 13.0. The molecule has 0 fully saturated rings. The topological polar surface area (TPSA) is 32.3 Å². The first-order valence-corrected chi connectivity index (χ1v) is 6.67. The molecule has 2 aromatic carbocycles. The molecule has 2 N–H and O–H groups in total. The Morgan fingerprint density at radius 3 is 2.67 bits per heavy atom. The Kier molecular flexibility index (Phi) is 3.92. The van der Waals surface area contributed by atoms with Gasteiger partial charge in [-0.05, 0) is 65.2 Å². The number of phenols is 1. The number of nitrogens with one attached hydrogen (secondary N) is 1. The van der Waals surface area contributed by atoms with E-state index in [1.54, 1.807) is 12.1 Å². The van der Waals surface area contributed by atoms with Crippen LogP contribution in [0.3, 0.4) is 0 Å². The van der Waals surface area contributed by atoms with Crippen LogP contribution in [-0.2, 0) is 0 Å².